The molecule has 5 nitrogen and oxygen atoms in total. The van der Waals surface area contributed by atoms with Crippen LogP contribution in [0.25, 0.3) is 11.3 Å². The molecular formula is C15H18N4O. The van der Waals surface area contributed by atoms with Gasteiger partial charge in [0.25, 0.3) is 0 Å². The molecule has 20 heavy (non-hydrogen) atoms. The van der Waals surface area contributed by atoms with Crippen LogP contribution in [0.15, 0.2) is 42.9 Å². The number of nitrogens with one attached hydrogen (secondary N) is 2. The topological polar surface area (TPSA) is 66.9 Å². The third-order valence-electron chi connectivity index (χ3n) is 2.77. The minimum atomic E-state index is -0.147. The van der Waals surface area contributed by atoms with Crippen LogP contribution in [0.4, 0.5) is 4.79 Å². The Balaban J connectivity index is 1.98. The molecule has 2 rings (SSSR count). The second kappa shape index (κ2) is 7.23. The molecule has 0 spiro atoms. The average molecular weight is 270 g/mol. The fraction of sp³-hybridized carbons (Fsp3) is 0.267. The summed E-state index contributed by atoms with van der Waals surface area (Å²) in [5.41, 5.74) is 2.82. The molecule has 0 saturated carbocycles. The van der Waals surface area contributed by atoms with E-state index >= 15 is 0 Å². The number of amides is 2. The lowest BCUT2D eigenvalue weighted by atomic mass is 10.1. The van der Waals surface area contributed by atoms with Gasteiger partial charge in [-0.15, -0.1) is 0 Å². The second-order valence-corrected chi connectivity index (χ2v) is 4.40. The van der Waals surface area contributed by atoms with Crippen LogP contribution in [-0.2, 0) is 6.54 Å². The van der Waals surface area contributed by atoms with Crippen LogP contribution in [0.2, 0.25) is 0 Å². The van der Waals surface area contributed by atoms with Crippen molar-refractivity contribution in [1.29, 1.82) is 0 Å². The van der Waals surface area contributed by atoms with Gasteiger partial charge >= 0.3 is 6.03 Å². The number of carbonyl (C=O) groups excluding carboxylic acids is 1. The van der Waals surface area contributed by atoms with E-state index < -0.39 is 0 Å². The van der Waals surface area contributed by atoms with E-state index in [4.69, 9.17) is 0 Å². The maximum absolute atomic E-state index is 11.5. The van der Waals surface area contributed by atoms with Crippen molar-refractivity contribution in [2.75, 3.05) is 6.54 Å². The zero-order valence-corrected chi connectivity index (χ0v) is 11.5. The van der Waals surface area contributed by atoms with Gasteiger partial charge in [0.05, 0.1) is 5.69 Å². The highest BCUT2D eigenvalue weighted by molar-refractivity contribution is 5.73. The van der Waals surface area contributed by atoms with E-state index in [2.05, 4.69) is 20.6 Å². The highest BCUT2D eigenvalue weighted by Gasteiger charge is 2.02. The lowest BCUT2D eigenvalue weighted by Gasteiger charge is -2.07. The molecule has 0 aliphatic rings. The molecule has 0 atom stereocenters. The third kappa shape index (κ3) is 4.05. The monoisotopic (exact) mass is 270 g/mol. The van der Waals surface area contributed by atoms with Crippen molar-refractivity contribution in [3.05, 3.63) is 48.4 Å². The van der Waals surface area contributed by atoms with Crippen molar-refractivity contribution in [3.8, 4) is 11.3 Å². The summed E-state index contributed by atoms with van der Waals surface area (Å²) in [5.74, 6) is 0. The van der Waals surface area contributed by atoms with E-state index in [9.17, 15) is 4.79 Å². The average Bonchev–Trinajstić information content (AvgIpc) is 2.52. The summed E-state index contributed by atoms with van der Waals surface area (Å²) in [7, 11) is 0. The molecule has 0 radical (unpaired) electrons. The molecule has 5 heteroatoms. The van der Waals surface area contributed by atoms with Crippen molar-refractivity contribution < 1.29 is 4.79 Å². The van der Waals surface area contributed by atoms with Crippen LogP contribution in [-0.4, -0.2) is 22.5 Å². The molecule has 0 fully saturated rings. The van der Waals surface area contributed by atoms with Gasteiger partial charge in [0.2, 0.25) is 0 Å². The van der Waals surface area contributed by atoms with Crippen LogP contribution < -0.4 is 10.6 Å². The fourth-order valence-electron chi connectivity index (χ4n) is 1.74. The molecule has 2 N–H and O–H groups in total. The minimum absolute atomic E-state index is 0.147. The summed E-state index contributed by atoms with van der Waals surface area (Å²) in [4.78, 5) is 19.9. The number of hydrogen-bond acceptors (Lipinski definition) is 3. The van der Waals surface area contributed by atoms with Gasteiger partial charge in [-0.2, -0.15) is 0 Å². The summed E-state index contributed by atoms with van der Waals surface area (Å²) in [6.45, 7) is 3.18. The molecule has 0 saturated heterocycles. The number of rotatable bonds is 5. The highest BCUT2D eigenvalue weighted by Crippen LogP contribution is 2.15. The Hall–Kier alpha value is -2.43. The molecular weight excluding hydrogens is 252 g/mol. The maximum atomic E-state index is 11.5. The zero-order valence-electron chi connectivity index (χ0n) is 11.5. The van der Waals surface area contributed by atoms with Gasteiger partial charge in [0, 0.05) is 37.2 Å². The number of pyridine rings is 2. The molecule has 2 aromatic heterocycles. The predicted octanol–water partition coefficient (Wildman–Crippen LogP) is 2.35. The molecule has 0 aliphatic carbocycles. The first-order valence-electron chi connectivity index (χ1n) is 6.66. The Morgan fingerprint density at radius 3 is 2.90 bits per heavy atom. The van der Waals surface area contributed by atoms with Crippen LogP contribution in [0.5, 0.6) is 0 Å². The lowest BCUT2D eigenvalue weighted by molar-refractivity contribution is 0.240. The number of nitrogens with zero attached hydrogens (tertiary/aromatic N) is 2. The number of carbonyl (C=O) groups is 1. The van der Waals surface area contributed by atoms with Gasteiger partial charge in [-0.1, -0.05) is 6.92 Å². The summed E-state index contributed by atoms with van der Waals surface area (Å²) in [6, 6.07) is 7.53. The Labute approximate surface area is 118 Å². The molecule has 0 unspecified atom stereocenters. The number of hydrogen-bond donors (Lipinski definition) is 2. The SMILES string of the molecule is CCCNC(=O)NCc1ccnc(-c2cccnc2)c1. The van der Waals surface area contributed by atoms with Gasteiger partial charge in [0.15, 0.2) is 0 Å². The largest absolute Gasteiger partial charge is 0.338 e. The van der Waals surface area contributed by atoms with E-state index in [0.717, 1.165) is 23.2 Å². The first-order chi connectivity index (χ1) is 9.79. The summed E-state index contributed by atoms with van der Waals surface area (Å²) in [5, 5.41) is 5.59. The molecule has 0 bridgehead atoms. The Morgan fingerprint density at radius 1 is 1.25 bits per heavy atom. The Morgan fingerprint density at radius 2 is 2.15 bits per heavy atom. The first kappa shape index (κ1) is 14.0. The van der Waals surface area contributed by atoms with Crippen LogP contribution in [0, 0.1) is 0 Å². The molecule has 104 valence electrons. The van der Waals surface area contributed by atoms with Crippen molar-refractivity contribution in [2.24, 2.45) is 0 Å². The number of aromatic nitrogens is 2. The first-order valence-corrected chi connectivity index (χ1v) is 6.66. The van der Waals surface area contributed by atoms with E-state index in [-0.39, 0.29) is 6.03 Å². The zero-order chi connectivity index (χ0) is 14.2. The molecule has 2 amide bonds. The van der Waals surface area contributed by atoms with Crippen LogP contribution >= 0.6 is 0 Å². The van der Waals surface area contributed by atoms with Crippen molar-refractivity contribution in [1.82, 2.24) is 20.6 Å². The lowest BCUT2D eigenvalue weighted by Crippen LogP contribution is -2.35. The smallest absolute Gasteiger partial charge is 0.315 e. The standard InChI is InChI=1S/C15H18N4O/c1-2-6-18-15(20)19-10-12-5-8-17-14(9-12)13-4-3-7-16-11-13/h3-5,7-9,11H,2,6,10H2,1H3,(H2,18,19,20). The van der Waals surface area contributed by atoms with E-state index in [1.54, 1.807) is 18.6 Å². The van der Waals surface area contributed by atoms with E-state index in [1.165, 1.54) is 0 Å². The number of urea groups is 1. The molecule has 0 aromatic carbocycles. The van der Waals surface area contributed by atoms with Crippen molar-refractivity contribution in [3.63, 3.8) is 0 Å². The predicted molar refractivity (Wildman–Crippen MR) is 78.0 cm³/mol. The van der Waals surface area contributed by atoms with E-state index in [0.29, 0.717) is 13.1 Å². The summed E-state index contributed by atoms with van der Waals surface area (Å²) >= 11 is 0. The van der Waals surface area contributed by atoms with Gasteiger partial charge in [-0.25, -0.2) is 4.79 Å². The van der Waals surface area contributed by atoms with Crippen molar-refractivity contribution in [2.45, 2.75) is 19.9 Å². The summed E-state index contributed by atoms with van der Waals surface area (Å²) in [6.07, 6.45) is 6.16. The molecule has 2 heterocycles. The van der Waals surface area contributed by atoms with Gasteiger partial charge < -0.3 is 10.6 Å². The summed E-state index contributed by atoms with van der Waals surface area (Å²) < 4.78 is 0. The maximum Gasteiger partial charge on any atom is 0.315 e. The molecule has 2 aromatic rings. The van der Waals surface area contributed by atoms with Crippen LogP contribution in [0.1, 0.15) is 18.9 Å². The molecule has 0 aliphatic heterocycles. The van der Waals surface area contributed by atoms with Crippen LogP contribution in [0.3, 0.4) is 0 Å². The van der Waals surface area contributed by atoms with Gasteiger partial charge in [-0.05, 0) is 36.2 Å². The normalized spacial score (nSPS) is 10.1. The van der Waals surface area contributed by atoms with E-state index in [1.807, 2.05) is 31.2 Å². The van der Waals surface area contributed by atoms with Gasteiger partial charge in [0.1, 0.15) is 0 Å². The highest BCUT2D eigenvalue weighted by atomic mass is 16.2. The van der Waals surface area contributed by atoms with Gasteiger partial charge in [-0.3, -0.25) is 9.97 Å². The third-order valence-corrected chi connectivity index (χ3v) is 2.77. The van der Waals surface area contributed by atoms with Crippen molar-refractivity contribution >= 4 is 6.03 Å². The minimum Gasteiger partial charge on any atom is -0.338 e. The Kier molecular flexibility index (Phi) is 5.06. The Bertz CT molecular complexity index is 557. The second-order valence-electron chi connectivity index (χ2n) is 4.40. The fourth-order valence-corrected chi connectivity index (χ4v) is 1.74. The quantitative estimate of drug-likeness (QED) is 0.876.